The van der Waals surface area contributed by atoms with Gasteiger partial charge in [-0.05, 0) is 42.4 Å². The average Bonchev–Trinajstić information content (AvgIpc) is 2.85. The van der Waals surface area contributed by atoms with Crippen LogP contribution in [0.2, 0.25) is 0 Å². The van der Waals surface area contributed by atoms with Crippen LogP contribution in [0.25, 0.3) is 6.08 Å². The molecular weight excluding hydrogens is 454 g/mol. The molecule has 2 N–H and O–H groups in total. The van der Waals surface area contributed by atoms with Gasteiger partial charge in [0.15, 0.2) is 11.5 Å². The topological polar surface area (TPSA) is 97.0 Å². The van der Waals surface area contributed by atoms with E-state index in [1.165, 1.54) is 6.08 Å². The Morgan fingerprint density at radius 3 is 2.47 bits per heavy atom. The quantitative estimate of drug-likeness (QED) is 0.399. The smallest absolute Gasteiger partial charge is 0.233 e. The molecule has 0 fully saturated rings. The fourth-order valence-electron chi connectivity index (χ4n) is 3.14. The summed E-state index contributed by atoms with van der Waals surface area (Å²) in [6, 6.07) is 14.6. The first kappa shape index (κ1) is 27.4. The predicted octanol–water partition coefficient (Wildman–Crippen LogP) is 3.01. The Kier molecular flexibility index (Phi) is 11.6. The number of carbonyl (C=O) groups excluding carboxylic acids is 1. The van der Waals surface area contributed by atoms with Crippen LogP contribution in [0.5, 0.6) is 11.5 Å². The first-order valence-electron chi connectivity index (χ1n) is 11.4. The van der Waals surface area contributed by atoms with Crippen molar-refractivity contribution in [2.75, 3.05) is 39.9 Å². The third kappa shape index (κ3) is 9.94. The Morgan fingerprint density at radius 2 is 1.79 bits per heavy atom. The van der Waals surface area contributed by atoms with Crippen LogP contribution in [-0.4, -0.2) is 59.1 Å². The van der Waals surface area contributed by atoms with Crippen molar-refractivity contribution in [3.05, 3.63) is 65.1 Å². The van der Waals surface area contributed by atoms with E-state index < -0.39 is 10.0 Å². The van der Waals surface area contributed by atoms with Crippen LogP contribution in [0, 0.1) is 0 Å². The van der Waals surface area contributed by atoms with Crippen molar-refractivity contribution in [3.63, 3.8) is 0 Å². The molecule has 2 aromatic carbocycles. The van der Waals surface area contributed by atoms with Gasteiger partial charge in [0.25, 0.3) is 0 Å². The zero-order valence-electron chi connectivity index (χ0n) is 20.1. The Morgan fingerprint density at radius 1 is 1.06 bits per heavy atom. The molecule has 0 aliphatic heterocycles. The van der Waals surface area contributed by atoms with Crippen LogP contribution in [-0.2, 0) is 21.4 Å². The van der Waals surface area contributed by atoms with E-state index in [1.54, 1.807) is 19.2 Å². The molecule has 0 heterocycles. The summed E-state index contributed by atoms with van der Waals surface area (Å²) in [6.45, 7) is 7.88. The van der Waals surface area contributed by atoms with Crippen LogP contribution >= 0.6 is 0 Å². The number of nitrogens with one attached hydrogen (secondary N) is 2. The number of sulfonamides is 1. The summed E-state index contributed by atoms with van der Waals surface area (Å²) in [6.07, 6.45) is 1.54. The van der Waals surface area contributed by atoms with Gasteiger partial charge in [-0.15, -0.1) is 0 Å². The molecule has 0 radical (unpaired) electrons. The van der Waals surface area contributed by atoms with Gasteiger partial charge in [0, 0.05) is 31.5 Å². The summed E-state index contributed by atoms with van der Waals surface area (Å²) in [5.74, 6) is 1.00. The minimum atomic E-state index is -3.62. The van der Waals surface area contributed by atoms with Gasteiger partial charge >= 0.3 is 0 Å². The van der Waals surface area contributed by atoms with Crippen molar-refractivity contribution in [2.24, 2.45) is 0 Å². The van der Waals surface area contributed by atoms with Crippen LogP contribution in [0.4, 0.5) is 0 Å². The van der Waals surface area contributed by atoms with Crippen LogP contribution in [0.15, 0.2) is 53.9 Å². The first-order valence-corrected chi connectivity index (χ1v) is 12.9. The highest BCUT2D eigenvalue weighted by Crippen LogP contribution is 2.28. The predicted molar refractivity (Wildman–Crippen MR) is 135 cm³/mol. The lowest BCUT2D eigenvalue weighted by Gasteiger charge is -2.19. The van der Waals surface area contributed by atoms with Gasteiger partial charge in [0.2, 0.25) is 15.9 Å². The summed E-state index contributed by atoms with van der Waals surface area (Å²) in [7, 11) is -2.04. The van der Waals surface area contributed by atoms with E-state index in [0.29, 0.717) is 24.7 Å². The van der Waals surface area contributed by atoms with Crippen LogP contribution < -0.4 is 19.5 Å². The average molecular weight is 490 g/mol. The SMILES string of the molecule is CCN(CC)CCOc1ccc(CNC(=O)CCNS(=O)(=O)C=Cc2ccccc2)cc1OC. The highest BCUT2D eigenvalue weighted by molar-refractivity contribution is 7.92. The molecule has 2 rings (SSSR count). The fourth-order valence-corrected chi connectivity index (χ4v) is 3.96. The molecule has 1 amide bonds. The molecule has 34 heavy (non-hydrogen) atoms. The van der Waals surface area contributed by atoms with E-state index in [-0.39, 0.29) is 18.9 Å². The van der Waals surface area contributed by atoms with Crippen molar-refractivity contribution >= 4 is 22.0 Å². The molecular formula is C25H35N3O5S. The molecule has 0 saturated carbocycles. The molecule has 0 atom stereocenters. The highest BCUT2D eigenvalue weighted by atomic mass is 32.2. The van der Waals surface area contributed by atoms with Gasteiger partial charge in [0.05, 0.1) is 7.11 Å². The number of nitrogens with zero attached hydrogens (tertiary/aromatic N) is 1. The Hall–Kier alpha value is -2.88. The molecule has 0 unspecified atom stereocenters. The Labute approximate surface area is 203 Å². The number of methoxy groups -OCH3 is 1. The number of ether oxygens (including phenoxy) is 2. The van der Waals surface area contributed by atoms with E-state index in [0.717, 1.165) is 36.2 Å². The molecule has 0 saturated heterocycles. The second-order valence-electron chi connectivity index (χ2n) is 7.54. The molecule has 9 heteroatoms. The van der Waals surface area contributed by atoms with E-state index in [2.05, 4.69) is 28.8 Å². The number of hydrogen-bond acceptors (Lipinski definition) is 6. The van der Waals surface area contributed by atoms with Gasteiger partial charge in [-0.25, -0.2) is 13.1 Å². The van der Waals surface area contributed by atoms with Gasteiger partial charge in [-0.1, -0.05) is 50.2 Å². The maximum atomic E-state index is 12.1. The van der Waals surface area contributed by atoms with Crippen molar-refractivity contribution in [1.82, 2.24) is 14.9 Å². The number of hydrogen-bond donors (Lipinski definition) is 2. The fraction of sp³-hybridized carbons (Fsp3) is 0.400. The molecule has 0 aliphatic rings. The summed E-state index contributed by atoms with van der Waals surface area (Å²) in [5, 5.41) is 3.89. The first-order chi connectivity index (χ1) is 16.4. The molecule has 0 aliphatic carbocycles. The second kappa shape index (κ2) is 14.4. The van der Waals surface area contributed by atoms with E-state index in [1.807, 2.05) is 36.4 Å². The summed E-state index contributed by atoms with van der Waals surface area (Å²) in [5.41, 5.74) is 1.63. The van der Waals surface area contributed by atoms with Gasteiger partial charge in [-0.3, -0.25) is 4.79 Å². The minimum Gasteiger partial charge on any atom is -0.493 e. The van der Waals surface area contributed by atoms with Gasteiger partial charge < -0.3 is 19.7 Å². The van der Waals surface area contributed by atoms with Crippen LogP contribution in [0.3, 0.4) is 0 Å². The number of rotatable bonds is 15. The minimum absolute atomic E-state index is 0.00985. The molecule has 0 spiro atoms. The van der Waals surface area contributed by atoms with Gasteiger partial charge in [-0.2, -0.15) is 0 Å². The normalized spacial score (nSPS) is 11.6. The standard InChI is InChI=1S/C25H35N3O5S/c1-4-28(5-2)16-17-33-23-12-11-22(19-24(23)32-3)20-26-25(29)13-15-27-34(30,31)18-14-21-9-7-6-8-10-21/h6-12,14,18-19,27H,4-5,13,15-17,20H2,1-3H3,(H,26,29). The van der Waals surface area contributed by atoms with Crippen molar-refractivity contribution in [1.29, 1.82) is 0 Å². The zero-order valence-corrected chi connectivity index (χ0v) is 20.9. The number of likely N-dealkylation sites (N-methyl/N-ethyl adjacent to an activating group) is 1. The molecule has 8 nitrogen and oxygen atoms in total. The number of amides is 1. The maximum absolute atomic E-state index is 12.1. The van der Waals surface area contributed by atoms with Crippen molar-refractivity contribution in [3.8, 4) is 11.5 Å². The monoisotopic (exact) mass is 489 g/mol. The Balaban J connectivity index is 1.76. The molecule has 0 aromatic heterocycles. The highest BCUT2D eigenvalue weighted by Gasteiger charge is 2.10. The largest absolute Gasteiger partial charge is 0.493 e. The summed E-state index contributed by atoms with van der Waals surface area (Å²) in [4.78, 5) is 14.4. The summed E-state index contributed by atoms with van der Waals surface area (Å²) < 4.78 is 37.8. The van der Waals surface area contributed by atoms with Gasteiger partial charge in [0.1, 0.15) is 6.61 Å². The zero-order chi connectivity index (χ0) is 24.8. The van der Waals surface area contributed by atoms with E-state index in [4.69, 9.17) is 9.47 Å². The number of benzene rings is 2. The third-order valence-electron chi connectivity index (χ3n) is 5.17. The lowest BCUT2D eigenvalue weighted by atomic mass is 10.2. The third-order valence-corrected chi connectivity index (χ3v) is 6.27. The van der Waals surface area contributed by atoms with E-state index >= 15 is 0 Å². The molecule has 2 aromatic rings. The van der Waals surface area contributed by atoms with Crippen LogP contribution in [0.1, 0.15) is 31.4 Å². The Bertz CT molecular complexity index is 1020. The summed E-state index contributed by atoms with van der Waals surface area (Å²) >= 11 is 0. The van der Waals surface area contributed by atoms with Crippen molar-refractivity contribution in [2.45, 2.75) is 26.8 Å². The molecule has 0 bridgehead atoms. The second-order valence-corrected chi connectivity index (χ2v) is 9.19. The van der Waals surface area contributed by atoms with E-state index in [9.17, 15) is 13.2 Å². The lowest BCUT2D eigenvalue weighted by molar-refractivity contribution is -0.121. The van der Waals surface area contributed by atoms with Crippen molar-refractivity contribution < 1.29 is 22.7 Å². The number of carbonyl (C=O) groups is 1. The lowest BCUT2D eigenvalue weighted by Crippen LogP contribution is -2.29. The molecule has 186 valence electrons. The maximum Gasteiger partial charge on any atom is 0.233 e.